The predicted molar refractivity (Wildman–Crippen MR) is 49.6 cm³/mol. The summed E-state index contributed by atoms with van der Waals surface area (Å²) in [5, 5.41) is 0.880. The molecular formula is C10H8F3NO2. The zero-order chi connectivity index (χ0) is 11.9. The predicted octanol–water partition coefficient (Wildman–Crippen LogP) is 2.16. The average Bonchev–Trinajstić information content (AvgIpc) is 2.50. The van der Waals surface area contributed by atoms with Crippen LogP contribution in [0.4, 0.5) is 18.9 Å². The molecule has 0 unspecified atom stereocenters. The Labute approximate surface area is 89.4 Å². The van der Waals surface area contributed by atoms with E-state index in [0.29, 0.717) is 5.56 Å². The van der Waals surface area contributed by atoms with Crippen molar-refractivity contribution in [1.29, 1.82) is 0 Å². The zero-order valence-electron chi connectivity index (χ0n) is 8.34. The van der Waals surface area contributed by atoms with E-state index in [2.05, 4.69) is 0 Å². The highest BCUT2D eigenvalue weighted by molar-refractivity contribution is 5.99. The SMILES string of the molecule is CON1C(=O)Cc2ccc(C(F)(F)F)cc21. The van der Waals surface area contributed by atoms with Crippen LogP contribution in [0.3, 0.4) is 0 Å². The van der Waals surface area contributed by atoms with Gasteiger partial charge in [0.15, 0.2) is 0 Å². The van der Waals surface area contributed by atoms with Gasteiger partial charge in [-0.1, -0.05) is 6.07 Å². The molecule has 0 aliphatic carbocycles. The van der Waals surface area contributed by atoms with Crippen LogP contribution in [0.15, 0.2) is 18.2 Å². The summed E-state index contributed by atoms with van der Waals surface area (Å²) in [5.41, 5.74) is -0.0785. The molecule has 0 saturated carbocycles. The third-order valence-corrected chi connectivity index (χ3v) is 2.38. The van der Waals surface area contributed by atoms with Crippen molar-refractivity contribution >= 4 is 11.6 Å². The minimum absolute atomic E-state index is 0.0707. The lowest BCUT2D eigenvalue weighted by molar-refractivity contribution is -0.137. The van der Waals surface area contributed by atoms with Crippen LogP contribution in [0.5, 0.6) is 0 Å². The first-order valence-electron chi connectivity index (χ1n) is 4.50. The van der Waals surface area contributed by atoms with Gasteiger partial charge in [-0.15, -0.1) is 0 Å². The summed E-state index contributed by atoms with van der Waals surface area (Å²) >= 11 is 0. The summed E-state index contributed by atoms with van der Waals surface area (Å²) < 4.78 is 37.3. The van der Waals surface area contributed by atoms with Crippen molar-refractivity contribution in [2.45, 2.75) is 12.6 Å². The summed E-state index contributed by atoms with van der Waals surface area (Å²) in [7, 11) is 1.24. The van der Waals surface area contributed by atoms with Crippen molar-refractivity contribution in [3.63, 3.8) is 0 Å². The molecule has 0 bridgehead atoms. The molecule has 3 nitrogen and oxygen atoms in total. The molecule has 1 amide bonds. The molecule has 1 aliphatic rings. The van der Waals surface area contributed by atoms with Gasteiger partial charge in [0.2, 0.25) is 0 Å². The van der Waals surface area contributed by atoms with E-state index in [-0.39, 0.29) is 18.0 Å². The van der Waals surface area contributed by atoms with Crippen LogP contribution < -0.4 is 5.06 Å². The highest BCUT2D eigenvalue weighted by Crippen LogP contribution is 2.36. The van der Waals surface area contributed by atoms with E-state index in [0.717, 1.165) is 17.2 Å². The molecule has 0 aromatic heterocycles. The molecule has 0 spiro atoms. The van der Waals surface area contributed by atoms with Crippen LogP contribution in [-0.4, -0.2) is 13.0 Å². The van der Waals surface area contributed by atoms with Crippen molar-refractivity contribution in [2.75, 3.05) is 12.2 Å². The van der Waals surface area contributed by atoms with E-state index in [1.54, 1.807) is 0 Å². The summed E-state index contributed by atoms with van der Waals surface area (Å²) in [4.78, 5) is 16.1. The molecule has 0 fully saturated rings. The molecule has 0 N–H and O–H groups in total. The Bertz CT molecular complexity index is 442. The van der Waals surface area contributed by atoms with Gasteiger partial charge in [-0.05, 0) is 17.7 Å². The fourth-order valence-corrected chi connectivity index (χ4v) is 1.65. The minimum atomic E-state index is -4.42. The van der Waals surface area contributed by atoms with Gasteiger partial charge < -0.3 is 0 Å². The topological polar surface area (TPSA) is 29.5 Å². The Morgan fingerprint density at radius 3 is 2.62 bits per heavy atom. The first-order chi connectivity index (χ1) is 7.43. The number of benzene rings is 1. The molecule has 0 atom stereocenters. The number of hydrogen-bond donors (Lipinski definition) is 0. The van der Waals surface area contributed by atoms with Gasteiger partial charge >= 0.3 is 6.18 Å². The Hall–Kier alpha value is -1.56. The van der Waals surface area contributed by atoms with Crippen LogP contribution in [-0.2, 0) is 22.2 Å². The summed E-state index contributed by atoms with van der Waals surface area (Å²) in [6.45, 7) is 0. The number of carbonyl (C=O) groups excluding carboxylic acids is 1. The summed E-state index contributed by atoms with van der Waals surface area (Å²) in [5.74, 6) is -0.364. The van der Waals surface area contributed by atoms with Gasteiger partial charge in [0.25, 0.3) is 5.91 Å². The third-order valence-electron chi connectivity index (χ3n) is 2.38. The van der Waals surface area contributed by atoms with Crippen LogP contribution in [0, 0.1) is 0 Å². The molecule has 1 aromatic rings. The molecule has 16 heavy (non-hydrogen) atoms. The second-order valence-corrected chi connectivity index (χ2v) is 3.39. The first kappa shape index (κ1) is 10.9. The van der Waals surface area contributed by atoms with Crippen molar-refractivity contribution in [3.05, 3.63) is 29.3 Å². The monoisotopic (exact) mass is 231 g/mol. The molecule has 1 heterocycles. The van der Waals surface area contributed by atoms with Crippen LogP contribution in [0.25, 0.3) is 0 Å². The van der Waals surface area contributed by atoms with Gasteiger partial charge in [-0.2, -0.15) is 18.2 Å². The van der Waals surface area contributed by atoms with Gasteiger partial charge in [0.05, 0.1) is 24.8 Å². The molecule has 0 saturated heterocycles. The Kier molecular flexibility index (Phi) is 2.38. The van der Waals surface area contributed by atoms with Gasteiger partial charge in [-0.3, -0.25) is 9.63 Å². The van der Waals surface area contributed by atoms with Crippen molar-refractivity contribution in [3.8, 4) is 0 Å². The maximum atomic E-state index is 12.4. The normalized spacial score (nSPS) is 15.5. The summed E-state index contributed by atoms with van der Waals surface area (Å²) in [6, 6.07) is 3.18. The molecule has 2 rings (SSSR count). The van der Waals surface area contributed by atoms with Gasteiger partial charge in [-0.25, -0.2) is 0 Å². The molecule has 0 radical (unpaired) electrons. The number of nitrogens with zero attached hydrogens (tertiary/aromatic N) is 1. The molecule has 1 aromatic carbocycles. The number of hydroxylamine groups is 1. The van der Waals surface area contributed by atoms with E-state index < -0.39 is 11.7 Å². The van der Waals surface area contributed by atoms with Gasteiger partial charge in [0.1, 0.15) is 0 Å². The van der Waals surface area contributed by atoms with E-state index >= 15 is 0 Å². The average molecular weight is 231 g/mol. The molecule has 1 aliphatic heterocycles. The number of fused-ring (bicyclic) bond motifs is 1. The number of amides is 1. The first-order valence-corrected chi connectivity index (χ1v) is 4.50. The lowest BCUT2D eigenvalue weighted by Gasteiger charge is -2.15. The second kappa shape index (κ2) is 3.48. The molecule has 86 valence electrons. The zero-order valence-corrected chi connectivity index (χ0v) is 8.34. The largest absolute Gasteiger partial charge is 0.416 e. The number of halogens is 3. The Balaban J connectivity index is 2.47. The van der Waals surface area contributed by atoms with Crippen LogP contribution in [0.1, 0.15) is 11.1 Å². The third kappa shape index (κ3) is 1.65. The Morgan fingerprint density at radius 2 is 2.06 bits per heavy atom. The highest BCUT2D eigenvalue weighted by atomic mass is 19.4. The van der Waals surface area contributed by atoms with E-state index in [1.165, 1.54) is 13.2 Å². The lowest BCUT2D eigenvalue weighted by atomic mass is 10.1. The molecule has 6 heteroatoms. The van der Waals surface area contributed by atoms with E-state index in [9.17, 15) is 18.0 Å². The standard InChI is InChI=1S/C10H8F3NO2/c1-16-14-8-5-7(10(11,12)13)3-2-6(8)4-9(14)15/h2-3,5H,4H2,1H3. The summed E-state index contributed by atoms with van der Waals surface area (Å²) in [6.07, 6.45) is -4.35. The lowest BCUT2D eigenvalue weighted by Crippen LogP contribution is -2.25. The molecular weight excluding hydrogens is 223 g/mol. The quantitative estimate of drug-likeness (QED) is 0.741. The second-order valence-electron chi connectivity index (χ2n) is 3.39. The Morgan fingerprint density at radius 1 is 1.38 bits per heavy atom. The maximum Gasteiger partial charge on any atom is 0.416 e. The van der Waals surface area contributed by atoms with Crippen LogP contribution in [0.2, 0.25) is 0 Å². The van der Waals surface area contributed by atoms with E-state index in [1.807, 2.05) is 0 Å². The number of hydrogen-bond acceptors (Lipinski definition) is 2. The smallest absolute Gasteiger partial charge is 0.272 e. The van der Waals surface area contributed by atoms with E-state index in [4.69, 9.17) is 4.84 Å². The number of rotatable bonds is 1. The maximum absolute atomic E-state index is 12.4. The highest BCUT2D eigenvalue weighted by Gasteiger charge is 2.34. The van der Waals surface area contributed by atoms with Crippen LogP contribution >= 0.6 is 0 Å². The number of anilines is 1. The van der Waals surface area contributed by atoms with Gasteiger partial charge in [0, 0.05) is 0 Å². The van der Waals surface area contributed by atoms with Crippen molar-refractivity contribution < 1.29 is 22.8 Å². The van der Waals surface area contributed by atoms with Crippen molar-refractivity contribution in [1.82, 2.24) is 0 Å². The number of carbonyl (C=O) groups is 1. The van der Waals surface area contributed by atoms with Crippen molar-refractivity contribution in [2.24, 2.45) is 0 Å². The fraction of sp³-hybridized carbons (Fsp3) is 0.300. The number of alkyl halides is 3. The fourth-order valence-electron chi connectivity index (χ4n) is 1.65. The minimum Gasteiger partial charge on any atom is -0.272 e.